The molecule has 3 rings (SSSR count). The van der Waals surface area contributed by atoms with Crippen molar-refractivity contribution in [3.05, 3.63) is 54.2 Å². The molecule has 0 aliphatic rings. The van der Waals surface area contributed by atoms with Crippen LogP contribution in [0.5, 0.6) is 0 Å². The average molecular weight is 282 g/mol. The Morgan fingerprint density at radius 2 is 2.14 bits per heavy atom. The normalized spacial score (nSPS) is 10.8. The van der Waals surface area contributed by atoms with Crippen LogP contribution >= 0.6 is 0 Å². The number of nitrogens with one attached hydrogen (secondary N) is 1. The second-order valence-electron chi connectivity index (χ2n) is 4.81. The van der Waals surface area contributed by atoms with E-state index in [1.165, 1.54) is 5.56 Å². The van der Waals surface area contributed by atoms with Crippen LogP contribution in [0.2, 0.25) is 0 Å². The summed E-state index contributed by atoms with van der Waals surface area (Å²) in [4.78, 5) is 4.40. The van der Waals surface area contributed by atoms with Crippen LogP contribution in [0.25, 0.3) is 5.82 Å². The molecule has 0 saturated heterocycles. The predicted octanol–water partition coefficient (Wildman–Crippen LogP) is 2.18. The molecule has 0 aliphatic carbocycles. The van der Waals surface area contributed by atoms with Crippen LogP contribution < -0.4 is 5.32 Å². The molecule has 0 fully saturated rings. The van der Waals surface area contributed by atoms with Crippen molar-refractivity contribution in [3.63, 3.8) is 0 Å². The van der Waals surface area contributed by atoms with Gasteiger partial charge in [0.1, 0.15) is 0 Å². The summed E-state index contributed by atoms with van der Waals surface area (Å²) in [6.07, 6.45) is 8.38. The van der Waals surface area contributed by atoms with E-state index in [4.69, 9.17) is 0 Å². The Morgan fingerprint density at radius 3 is 2.90 bits per heavy atom. The average Bonchev–Trinajstić information content (AvgIpc) is 3.14. The van der Waals surface area contributed by atoms with Gasteiger partial charge in [-0.3, -0.25) is 4.68 Å². The number of hydrogen-bond donors (Lipinski definition) is 1. The van der Waals surface area contributed by atoms with E-state index >= 15 is 0 Å². The van der Waals surface area contributed by atoms with Gasteiger partial charge in [0.2, 0.25) is 0 Å². The summed E-state index contributed by atoms with van der Waals surface area (Å²) in [7, 11) is 1.95. The Morgan fingerprint density at radius 1 is 1.24 bits per heavy atom. The van der Waals surface area contributed by atoms with Crippen LogP contribution in [0.1, 0.15) is 18.2 Å². The number of anilines is 1. The third kappa shape index (κ3) is 2.79. The fourth-order valence-electron chi connectivity index (χ4n) is 2.33. The van der Waals surface area contributed by atoms with Crippen LogP contribution in [0.4, 0.5) is 5.69 Å². The van der Waals surface area contributed by atoms with E-state index in [0.717, 1.165) is 30.2 Å². The van der Waals surface area contributed by atoms with E-state index in [2.05, 4.69) is 33.6 Å². The molecule has 3 aromatic heterocycles. The first kappa shape index (κ1) is 13.4. The predicted molar refractivity (Wildman–Crippen MR) is 81.3 cm³/mol. The van der Waals surface area contributed by atoms with Gasteiger partial charge in [-0.05, 0) is 24.6 Å². The summed E-state index contributed by atoms with van der Waals surface area (Å²) in [5.41, 5.74) is 3.27. The van der Waals surface area contributed by atoms with Gasteiger partial charge in [-0.1, -0.05) is 6.92 Å². The minimum atomic E-state index is 0.719. The molecule has 21 heavy (non-hydrogen) atoms. The van der Waals surface area contributed by atoms with Gasteiger partial charge in [-0.15, -0.1) is 0 Å². The lowest BCUT2D eigenvalue weighted by Gasteiger charge is -2.10. The molecular formula is C15H18N6. The van der Waals surface area contributed by atoms with Crippen molar-refractivity contribution < 1.29 is 0 Å². The first-order valence-electron chi connectivity index (χ1n) is 6.98. The van der Waals surface area contributed by atoms with E-state index in [1.807, 2.05) is 36.1 Å². The Kier molecular flexibility index (Phi) is 3.68. The van der Waals surface area contributed by atoms with Crippen molar-refractivity contribution in [2.75, 3.05) is 5.32 Å². The first-order chi connectivity index (χ1) is 10.3. The highest BCUT2D eigenvalue weighted by Gasteiger charge is 2.09. The topological polar surface area (TPSA) is 60.6 Å². The van der Waals surface area contributed by atoms with Gasteiger partial charge in [0, 0.05) is 43.9 Å². The van der Waals surface area contributed by atoms with Crippen molar-refractivity contribution >= 4 is 5.69 Å². The smallest absolute Gasteiger partial charge is 0.176 e. The van der Waals surface area contributed by atoms with Crippen LogP contribution in [0.15, 0.2) is 43.0 Å². The molecule has 1 N–H and O–H groups in total. The zero-order chi connectivity index (χ0) is 14.7. The van der Waals surface area contributed by atoms with Crippen molar-refractivity contribution in [1.82, 2.24) is 24.5 Å². The Hall–Kier alpha value is -2.63. The van der Waals surface area contributed by atoms with Crippen LogP contribution in [-0.2, 0) is 20.0 Å². The molecule has 0 aromatic carbocycles. The van der Waals surface area contributed by atoms with E-state index in [9.17, 15) is 0 Å². The van der Waals surface area contributed by atoms with E-state index in [-0.39, 0.29) is 0 Å². The van der Waals surface area contributed by atoms with Gasteiger partial charge in [0.15, 0.2) is 5.82 Å². The van der Waals surface area contributed by atoms with Crippen LogP contribution in [0, 0.1) is 0 Å². The third-order valence-electron chi connectivity index (χ3n) is 3.30. The van der Waals surface area contributed by atoms with Gasteiger partial charge < -0.3 is 5.32 Å². The van der Waals surface area contributed by atoms with E-state index in [0.29, 0.717) is 0 Å². The zero-order valence-corrected chi connectivity index (χ0v) is 12.2. The molecule has 3 heterocycles. The van der Waals surface area contributed by atoms with Gasteiger partial charge in [0.25, 0.3) is 0 Å². The molecule has 6 nitrogen and oxygen atoms in total. The number of hydrogen-bond acceptors (Lipinski definition) is 4. The summed E-state index contributed by atoms with van der Waals surface area (Å²) in [6, 6.07) is 5.81. The minimum absolute atomic E-state index is 0.719. The van der Waals surface area contributed by atoms with Gasteiger partial charge in [-0.25, -0.2) is 9.67 Å². The SMILES string of the molecule is CCc1nn(C)cc1CNc1cccnc1-n1cccn1. The molecule has 3 aromatic rings. The molecule has 0 bridgehead atoms. The number of nitrogens with zero attached hydrogens (tertiary/aromatic N) is 5. The molecule has 0 amide bonds. The summed E-state index contributed by atoms with van der Waals surface area (Å²) >= 11 is 0. The molecule has 0 saturated carbocycles. The largest absolute Gasteiger partial charge is 0.378 e. The highest BCUT2D eigenvalue weighted by molar-refractivity contribution is 5.56. The summed E-state index contributed by atoms with van der Waals surface area (Å²) in [6.45, 7) is 2.84. The molecule has 6 heteroatoms. The molecule has 0 spiro atoms. The minimum Gasteiger partial charge on any atom is -0.378 e. The second kappa shape index (κ2) is 5.78. The van der Waals surface area contributed by atoms with Gasteiger partial charge >= 0.3 is 0 Å². The quantitative estimate of drug-likeness (QED) is 0.779. The van der Waals surface area contributed by atoms with Crippen molar-refractivity contribution in [1.29, 1.82) is 0 Å². The lowest BCUT2D eigenvalue weighted by atomic mass is 10.2. The Bertz CT molecular complexity index is 714. The Labute approximate surface area is 123 Å². The van der Waals surface area contributed by atoms with E-state index < -0.39 is 0 Å². The van der Waals surface area contributed by atoms with Gasteiger partial charge in [-0.2, -0.15) is 10.2 Å². The van der Waals surface area contributed by atoms with Crippen molar-refractivity contribution in [2.45, 2.75) is 19.9 Å². The molecule has 108 valence electrons. The van der Waals surface area contributed by atoms with Gasteiger partial charge in [0.05, 0.1) is 11.4 Å². The number of aromatic nitrogens is 5. The summed E-state index contributed by atoms with van der Waals surface area (Å²) in [5.74, 6) is 0.796. The maximum atomic E-state index is 4.46. The molecule has 0 unspecified atom stereocenters. The maximum absolute atomic E-state index is 4.46. The molecule has 0 aliphatic heterocycles. The Balaban J connectivity index is 1.82. The maximum Gasteiger partial charge on any atom is 0.176 e. The lowest BCUT2D eigenvalue weighted by molar-refractivity contribution is 0.746. The molecular weight excluding hydrogens is 264 g/mol. The highest BCUT2D eigenvalue weighted by Crippen LogP contribution is 2.18. The summed E-state index contributed by atoms with van der Waals surface area (Å²) < 4.78 is 3.61. The lowest BCUT2D eigenvalue weighted by Crippen LogP contribution is -2.07. The number of rotatable bonds is 5. The number of pyridine rings is 1. The standard InChI is InChI=1S/C15H18N6/c1-3-13-12(11-20(2)19-13)10-17-14-6-4-7-16-15(14)21-9-5-8-18-21/h4-9,11,17H,3,10H2,1-2H3. The van der Waals surface area contributed by atoms with E-state index in [1.54, 1.807) is 17.1 Å². The molecule has 0 atom stereocenters. The van der Waals surface area contributed by atoms with Crippen molar-refractivity contribution in [3.8, 4) is 5.82 Å². The first-order valence-corrected chi connectivity index (χ1v) is 6.98. The van der Waals surface area contributed by atoms with Crippen LogP contribution in [-0.4, -0.2) is 24.5 Å². The molecule has 0 radical (unpaired) electrons. The fourth-order valence-corrected chi connectivity index (χ4v) is 2.33. The zero-order valence-electron chi connectivity index (χ0n) is 12.2. The monoisotopic (exact) mass is 282 g/mol. The summed E-state index contributed by atoms with van der Waals surface area (Å²) in [5, 5.41) is 12.1. The highest BCUT2D eigenvalue weighted by atomic mass is 15.3. The van der Waals surface area contributed by atoms with Crippen molar-refractivity contribution in [2.24, 2.45) is 7.05 Å². The number of aryl methyl sites for hydroxylation is 2. The third-order valence-corrected chi connectivity index (χ3v) is 3.30. The second-order valence-corrected chi connectivity index (χ2v) is 4.81. The fraction of sp³-hybridized carbons (Fsp3) is 0.267. The van der Waals surface area contributed by atoms with Crippen LogP contribution in [0.3, 0.4) is 0 Å².